The van der Waals surface area contributed by atoms with Gasteiger partial charge >= 0.3 is 0 Å². The summed E-state index contributed by atoms with van der Waals surface area (Å²) >= 11 is 0. The summed E-state index contributed by atoms with van der Waals surface area (Å²) in [4.78, 5) is 38.1. The van der Waals surface area contributed by atoms with Crippen molar-refractivity contribution in [2.75, 3.05) is 40.1 Å². The lowest BCUT2D eigenvalue weighted by Gasteiger charge is -2.17. The largest absolute Gasteiger partial charge is 0.341 e. The van der Waals surface area contributed by atoms with Gasteiger partial charge in [-0.1, -0.05) is 0 Å². The molecule has 1 aromatic heterocycles. The number of nitrogens with zero attached hydrogens (tertiary/aromatic N) is 4. The Bertz CT molecular complexity index is 1230. The second kappa shape index (κ2) is 9.69. The molecule has 2 aromatic carbocycles. The minimum atomic E-state index is -0.474. The number of nitrogens with one attached hydrogen (secondary N) is 2. The highest BCUT2D eigenvalue weighted by atomic mass is 19.1. The van der Waals surface area contributed by atoms with E-state index in [9.17, 15) is 14.0 Å². The average Bonchev–Trinajstić information content (AvgIpc) is 3.51. The predicted molar refractivity (Wildman–Crippen MR) is 133 cm³/mol. The first-order valence-electron chi connectivity index (χ1n) is 11.8. The van der Waals surface area contributed by atoms with Crippen LogP contribution in [0, 0.1) is 18.7 Å². The third kappa shape index (κ3) is 5.24. The fourth-order valence-corrected chi connectivity index (χ4v) is 4.46. The van der Waals surface area contributed by atoms with Gasteiger partial charge in [0.1, 0.15) is 11.6 Å². The molecule has 2 aliphatic rings. The van der Waals surface area contributed by atoms with Gasteiger partial charge < -0.3 is 20.4 Å². The maximum atomic E-state index is 13.2. The number of rotatable bonds is 6. The van der Waals surface area contributed by atoms with Crippen molar-refractivity contribution >= 4 is 40.6 Å². The fourth-order valence-electron chi connectivity index (χ4n) is 4.46. The molecule has 8 nitrogen and oxygen atoms in total. The first-order valence-corrected chi connectivity index (χ1v) is 11.8. The highest BCUT2D eigenvalue weighted by Gasteiger charge is 2.35. The molecule has 0 radical (unpaired) electrons. The molecule has 2 amide bonds. The molecule has 1 atom stereocenters. The van der Waals surface area contributed by atoms with Crippen molar-refractivity contribution < 1.29 is 14.0 Å². The Labute approximate surface area is 203 Å². The van der Waals surface area contributed by atoms with Gasteiger partial charge in [0.05, 0.1) is 5.92 Å². The topological polar surface area (TPSA) is 90.5 Å². The third-order valence-corrected chi connectivity index (χ3v) is 6.29. The van der Waals surface area contributed by atoms with E-state index in [1.165, 1.54) is 17.0 Å². The number of carbonyl (C=O) groups is 2. The van der Waals surface area contributed by atoms with Gasteiger partial charge in [0.25, 0.3) is 0 Å². The van der Waals surface area contributed by atoms with Crippen LogP contribution in [0.4, 0.5) is 33.2 Å². The number of benzene rings is 2. The maximum absolute atomic E-state index is 13.2. The lowest BCUT2D eigenvalue weighted by molar-refractivity contribution is -0.122. The Balaban J connectivity index is 1.20. The minimum Gasteiger partial charge on any atom is -0.341 e. The summed E-state index contributed by atoms with van der Waals surface area (Å²) in [6.45, 7) is 4.18. The summed E-state index contributed by atoms with van der Waals surface area (Å²) in [5.74, 6) is 0.263. The Hall–Kier alpha value is -4.01. The molecule has 2 aliphatic heterocycles. The van der Waals surface area contributed by atoms with Gasteiger partial charge in [0.15, 0.2) is 0 Å². The summed E-state index contributed by atoms with van der Waals surface area (Å²) < 4.78 is 13.2. The van der Waals surface area contributed by atoms with Crippen molar-refractivity contribution in [2.45, 2.75) is 26.2 Å². The van der Waals surface area contributed by atoms with Crippen molar-refractivity contribution in [1.82, 2.24) is 9.97 Å². The molecule has 3 aromatic rings. The highest BCUT2D eigenvalue weighted by Crippen LogP contribution is 2.27. The molecule has 9 heteroatoms. The standard InChI is InChI=1S/C26H27FN6O2/c1-17-14-23(31-26(28-17)32-12-2-3-13-32)29-20-6-8-21(9-7-20)30-25(35)18-15-24(34)33(16-18)22-10-4-19(27)5-11-22/h4-11,14,18H,2-3,12-13,15-16H2,1H3,(H,30,35)(H,28,29,31). The number of amides is 2. The van der Waals surface area contributed by atoms with E-state index in [0.29, 0.717) is 11.4 Å². The van der Waals surface area contributed by atoms with Crippen LogP contribution in [-0.2, 0) is 9.59 Å². The van der Waals surface area contributed by atoms with E-state index in [2.05, 4.69) is 25.5 Å². The van der Waals surface area contributed by atoms with Crippen LogP contribution < -0.4 is 20.4 Å². The van der Waals surface area contributed by atoms with Crippen molar-refractivity contribution in [1.29, 1.82) is 0 Å². The van der Waals surface area contributed by atoms with Crippen molar-refractivity contribution in [3.8, 4) is 0 Å². The highest BCUT2D eigenvalue weighted by molar-refractivity contribution is 6.03. The molecule has 180 valence electrons. The molecule has 1 unspecified atom stereocenters. The molecule has 0 bridgehead atoms. The normalized spacial score (nSPS) is 17.7. The van der Waals surface area contributed by atoms with E-state index in [1.54, 1.807) is 12.1 Å². The van der Waals surface area contributed by atoms with Crippen LogP contribution in [0.1, 0.15) is 25.0 Å². The van der Waals surface area contributed by atoms with Crippen LogP contribution in [0.2, 0.25) is 0 Å². The number of hydrogen-bond acceptors (Lipinski definition) is 6. The Morgan fingerprint density at radius 2 is 1.69 bits per heavy atom. The monoisotopic (exact) mass is 474 g/mol. The van der Waals surface area contributed by atoms with Crippen molar-refractivity contribution in [2.24, 2.45) is 5.92 Å². The van der Waals surface area contributed by atoms with Crippen LogP contribution in [0.5, 0.6) is 0 Å². The molecule has 2 N–H and O–H groups in total. The molecule has 0 spiro atoms. The summed E-state index contributed by atoms with van der Waals surface area (Å²) in [5.41, 5.74) is 2.97. The first-order chi connectivity index (χ1) is 16.9. The van der Waals surface area contributed by atoms with Gasteiger partial charge in [0.2, 0.25) is 17.8 Å². The molecule has 35 heavy (non-hydrogen) atoms. The second-order valence-corrected chi connectivity index (χ2v) is 8.96. The van der Waals surface area contributed by atoms with Crippen LogP contribution in [0.3, 0.4) is 0 Å². The second-order valence-electron chi connectivity index (χ2n) is 8.96. The van der Waals surface area contributed by atoms with Crippen LogP contribution in [0.25, 0.3) is 0 Å². The summed E-state index contributed by atoms with van der Waals surface area (Å²) in [5, 5.41) is 6.20. The molecule has 2 fully saturated rings. The molecule has 0 saturated carbocycles. The van der Waals surface area contributed by atoms with Crippen LogP contribution in [0.15, 0.2) is 54.6 Å². The maximum Gasteiger partial charge on any atom is 0.229 e. The number of hydrogen-bond donors (Lipinski definition) is 2. The van der Waals surface area contributed by atoms with Gasteiger partial charge in [-0.2, -0.15) is 4.98 Å². The number of halogens is 1. The number of aryl methyl sites for hydroxylation is 1. The molecule has 5 rings (SSSR count). The zero-order chi connectivity index (χ0) is 24.4. The van der Waals surface area contributed by atoms with Gasteiger partial charge in [-0.3, -0.25) is 9.59 Å². The van der Waals surface area contributed by atoms with Crippen molar-refractivity contribution in [3.05, 3.63) is 66.1 Å². The summed E-state index contributed by atoms with van der Waals surface area (Å²) in [6, 6.07) is 15.0. The van der Waals surface area contributed by atoms with E-state index in [4.69, 9.17) is 0 Å². The molecule has 3 heterocycles. The molecule has 2 saturated heterocycles. The quantitative estimate of drug-likeness (QED) is 0.555. The predicted octanol–water partition coefficient (Wildman–Crippen LogP) is 4.26. The zero-order valence-electron chi connectivity index (χ0n) is 19.5. The van der Waals surface area contributed by atoms with Gasteiger partial charge in [-0.05, 0) is 68.3 Å². The van der Waals surface area contributed by atoms with E-state index >= 15 is 0 Å². The van der Waals surface area contributed by atoms with Crippen LogP contribution >= 0.6 is 0 Å². The lowest BCUT2D eigenvalue weighted by Crippen LogP contribution is -2.28. The number of carbonyl (C=O) groups excluding carboxylic acids is 2. The number of anilines is 5. The molecular formula is C26H27FN6O2. The smallest absolute Gasteiger partial charge is 0.229 e. The first kappa shape index (κ1) is 22.8. The molecular weight excluding hydrogens is 447 g/mol. The van der Waals surface area contributed by atoms with Gasteiger partial charge in [-0.25, -0.2) is 9.37 Å². The third-order valence-electron chi connectivity index (χ3n) is 6.29. The Morgan fingerprint density at radius 3 is 2.40 bits per heavy atom. The van der Waals surface area contributed by atoms with Gasteiger partial charge in [-0.15, -0.1) is 0 Å². The number of aromatic nitrogens is 2. The SMILES string of the molecule is Cc1cc(Nc2ccc(NC(=O)C3CC(=O)N(c4ccc(F)cc4)C3)cc2)nc(N2CCCC2)n1. The molecule has 0 aliphatic carbocycles. The zero-order valence-corrected chi connectivity index (χ0v) is 19.5. The average molecular weight is 475 g/mol. The summed E-state index contributed by atoms with van der Waals surface area (Å²) in [7, 11) is 0. The van der Waals surface area contributed by atoms with Crippen molar-refractivity contribution in [3.63, 3.8) is 0 Å². The minimum absolute atomic E-state index is 0.120. The van der Waals surface area contributed by atoms with E-state index in [-0.39, 0.29) is 30.6 Å². The fraction of sp³-hybridized carbons (Fsp3) is 0.308. The summed E-state index contributed by atoms with van der Waals surface area (Å²) in [6.07, 6.45) is 2.44. The Morgan fingerprint density at radius 1 is 1.00 bits per heavy atom. The van der Waals surface area contributed by atoms with E-state index in [0.717, 1.165) is 49.1 Å². The Kier molecular flexibility index (Phi) is 6.31. The van der Waals surface area contributed by atoms with E-state index < -0.39 is 5.92 Å². The van der Waals surface area contributed by atoms with Gasteiger partial charge in [0, 0.05) is 54.9 Å². The van der Waals surface area contributed by atoms with Crippen LogP contribution in [-0.4, -0.2) is 41.4 Å². The van der Waals surface area contributed by atoms with E-state index in [1.807, 2.05) is 37.3 Å². The lowest BCUT2D eigenvalue weighted by atomic mass is 10.1.